The number of pyridine rings is 1. The van der Waals surface area contributed by atoms with Gasteiger partial charge in [0.1, 0.15) is 0 Å². The minimum Gasteiger partial charge on any atom is -0.311 e. The van der Waals surface area contributed by atoms with Gasteiger partial charge in [-0.25, -0.2) is 0 Å². The molecule has 2 heterocycles. The normalized spacial score (nSPS) is 12.6. The summed E-state index contributed by atoms with van der Waals surface area (Å²) >= 11 is 5.25. The lowest BCUT2D eigenvalue weighted by Crippen LogP contribution is -2.19. The lowest BCUT2D eigenvalue weighted by molar-refractivity contribution is 0.580. The molecule has 1 unspecified atom stereocenters. The minimum absolute atomic E-state index is 0.284. The molecule has 0 radical (unpaired) electrons. The topological polar surface area (TPSA) is 24.9 Å². The zero-order valence-electron chi connectivity index (χ0n) is 8.98. The second-order valence-electron chi connectivity index (χ2n) is 3.53. The first kappa shape index (κ1) is 11.8. The molecule has 2 nitrogen and oxygen atoms in total. The molecule has 1 N–H and O–H groups in total. The summed E-state index contributed by atoms with van der Waals surface area (Å²) in [6.45, 7) is 0. The first-order chi connectivity index (χ1) is 7.79. The number of likely N-dealkylation sites (N-methyl/N-ethyl adjacent to an activating group) is 1. The molecule has 84 valence electrons. The van der Waals surface area contributed by atoms with E-state index in [9.17, 15) is 0 Å². The van der Waals surface area contributed by atoms with Crippen molar-refractivity contribution in [3.8, 4) is 0 Å². The number of hydrogen-bond donors (Lipinski definition) is 1. The van der Waals surface area contributed by atoms with Crippen molar-refractivity contribution in [3.63, 3.8) is 0 Å². The molecule has 0 aromatic carbocycles. The third-order valence-electron chi connectivity index (χ3n) is 2.42. The summed E-state index contributed by atoms with van der Waals surface area (Å²) < 4.78 is 1.16. The van der Waals surface area contributed by atoms with E-state index in [4.69, 9.17) is 0 Å². The number of nitrogens with one attached hydrogen (secondary N) is 1. The highest BCUT2D eigenvalue weighted by Crippen LogP contribution is 2.24. The van der Waals surface area contributed by atoms with Gasteiger partial charge in [0.25, 0.3) is 0 Å². The van der Waals surface area contributed by atoms with E-state index in [1.807, 2.05) is 25.4 Å². The lowest BCUT2D eigenvalue weighted by Gasteiger charge is -2.14. The summed E-state index contributed by atoms with van der Waals surface area (Å²) in [5.41, 5.74) is 1.09. The second kappa shape index (κ2) is 5.57. The average molecular weight is 297 g/mol. The Morgan fingerprint density at radius 2 is 2.38 bits per heavy atom. The second-order valence-corrected chi connectivity index (χ2v) is 5.44. The van der Waals surface area contributed by atoms with E-state index in [1.54, 1.807) is 11.3 Å². The van der Waals surface area contributed by atoms with Crippen LogP contribution in [0.5, 0.6) is 0 Å². The van der Waals surface area contributed by atoms with E-state index in [1.165, 1.54) is 4.88 Å². The number of nitrogens with zero attached hydrogens (tertiary/aromatic N) is 1. The summed E-state index contributed by atoms with van der Waals surface area (Å²) in [6.07, 6.45) is 2.81. The Balaban J connectivity index is 2.12. The van der Waals surface area contributed by atoms with Gasteiger partial charge in [-0.2, -0.15) is 0 Å². The van der Waals surface area contributed by atoms with Crippen LogP contribution in [0.2, 0.25) is 0 Å². The van der Waals surface area contributed by atoms with Crippen molar-refractivity contribution in [3.05, 3.63) is 50.9 Å². The van der Waals surface area contributed by atoms with Gasteiger partial charge >= 0.3 is 0 Å². The molecule has 2 aromatic heterocycles. The van der Waals surface area contributed by atoms with Crippen LogP contribution in [0, 0.1) is 0 Å². The van der Waals surface area contributed by atoms with Crippen LogP contribution in [0.25, 0.3) is 0 Å². The maximum atomic E-state index is 4.38. The van der Waals surface area contributed by atoms with Crippen LogP contribution < -0.4 is 5.32 Å². The Labute approximate surface area is 108 Å². The van der Waals surface area contributed by atoms with Crippen molar-refractivity contribution in [1.29, 1.82) is 0 Å². The van der Waals surface area contributed by atoms with Crippen LogP contribution in [-0.2, 0) is 6.42 Å². The summed E-state index contributed by atoms with van der Waals surface area (Å²) in [5.74, 6) is 0. The summed E-state index contributed by atoms with van der Waals surface area (Å²) in [6, 6.07) is 8.48. The molecular formula is C12H13BrN2S. The van der Waals surface area contributed by atoms with Crippen LogP contribution in [0.3, 0.4) is 0 Å². The molecule has 2 aromatic rings. The quantitative estimate of drug-likeness (QED) is 0.935. The fraction of sp³-hybridized carbons (Fsp3) is 0.250. The number of rotatable bonds is 4. The highest BCUT2D eigenvalue weighted by atomic mass is 79.9. The molecule has 2 rings (SSSR count). The molecule has 0 saturated heterocycles. The van der Waals surface area contributed by atoms with Crippen molar-refractivity contribution in [1.82, 2.24) is 10.3 Å². The molecule has 0 aliphatic heterocycles. The van der Waals surface area contributed by atoms with Crippen molar-refractivity contribution in [2.75, 3.05) is 7.05 Å². The predicted octanol–water partition coefficient (Wildman–Crippen LogP) is 3.41. The Morgan fingerprint density at radius 1 is 1.50 bits per heavy atom. The van der Waals surface area contributed by atoms with Crippen LogP contribution in [-0.4, -0.2) is 12.0 Å². The zero-order valence-corrected chi connectivity index (χ0v) is 11.4. The molecule has 0 aliphatic carbocycles. The fourth-order valence-electron chi connectivity index (χ4n) is 1.60. The van der Waals surface area contributed by atoms with E-state index in [0.29, 0.717) is 0 Å². The van der Waals surface area contributed by atoms with Crippen molar-refractivity contribution < 1.29 is 0 Å². The largest absolute Gasteiger partial charge is 0.311 e. The predicted molar refractivity (Wildman–Crippen MR) is 71.8 cm³/mol. The third kappa shape index (κ3) is 2.90. The van der Waals surface area contributed by atoms with Gasteiger partial charge in [-0.3, -0.25) is 4.98 Å². The van der Waals surface area contributed by atoms with Crippen LogP contribution in [0.1, 0.15) is 16.6 Å². The van der Waals surface area contributed by atoms with Crippen LogP contribution in [0.4, 0.5) is 0 Å². The van der Waals surface area contributed by atoms with Crippen molar-refractivity contribution in [2.24, 2.45) is 0 Å². The van der Waals surface area contributed by atoms with Gasteiger partial charge in [-0.05, 0) is 41.2 Å². The molecule has 0 aliphatic rings. The van der Waals surface area contributed by atoms with E-state index in [0.717, 1.165) is 16.6 Å². The van der Waals surface area contributed by atoms with Gasteiger partial charge in [0.2, 0.25) is 0 Å². The molecule has 0 bridgehead atoms. The number of thiophene rings is 1. The Kier molecular flexibility index (Phi) is 4.09. The molecule has 1 atom stereocenters. The number of hydrogen-bond acceptors (Lipinski definition) is 3. The average Bonchev–Trinajstić information content (AvgIpc) is 2.73. The molecule has 0 spiro atoms. The van der Waals surface area contributed by atoms with Gasteiger partial charge in [0.05, 0.1) is 11.7 Å². The minimum atomic E-state index is 0.284. The van der Waals surface area contributed by atoms with Gasteiger partial charge in [0, 0.05) is 27.3 Å². The summed E-state index contributed by atoms with van der Waals surface area (Å²) in [4.78, 5) is 5.74. The first-order valence-electron chi connectivity index (χ1n) is 5.10. The fourth-order valence-corrected chi connectivity index (χ4v) is 3.10. The molecule has 0 amide bonds. The maximum absolute atomic E-state index is 4.38. The summed E-state index contributed by atoms with van der Waals surface area (Å²) in [5, 5.41) is 5.42. The van der Waals surface area contributed by atoms with Crippen LogP contribution in [0.15, 0.2) is 40.3 Å². The smallest absolute Gasteiger partial charge is 0.0576 e. The zero-order chi connectivity index (χ0) is 11.4. The Bertz CT molecular complexity index is 441. The van der Waals surface area contributed by atoms with E-state index >= 15 is 0 Å². The van der Waals surface area contributed by atoms with Crippen molar-refractivity contribution in [2.45, 2.75) is 12.5 Å². The third-order valence-corrected chi connectivity index (χ3v) is 4.14. The molecule has 4 heteroatoms. The van der Waals surface area contributed by atoms with Gasteiger partial charge in [-0.1, -0.05) is 6.07 Å². The molecular weight excluding hydrogens is 284 g/mol. The van der Waals surface area contributed by atoms with E-state index < -0.39 is 0 Å². The molecule has 0 saturated carbocycles. The first-order valence-corrected chi connectivity index (χ1v) is 6.78. The maximum Gasteiger partial charge on any atom is 0.0576 e. The van der Waals surface area contributed by atoms with E-state index in [2.05, 4.69) is 43.7 Å². The SMILES string of the molecule is CNC(Cc1cc(Br)cs1)c1ccccn1. The van der Waals surface area contributed by atoms with Gasteiger partial charge < -0.3 is 5.32 Å². The van der Waals surface area contributed by atoms with Crippen LogP contribution >= 0.6 is 27.3 Å². The number of aromatic nitrogens is 1. The standard InChI is InChI=1S/C12H13BrN2S/c1-14-12(11-4-2-3-5-15-11)7-10-6-9(13)8-16-10/h2-6,8,12,14H,7H2,1H3. The Morgan fingerprint density at radius 3 is 2.94 bits per heavy atom. The monoisotopic (exact) mass is 296 g/mol. The van der Waals surface area contributed by atoms with E-state index in [-0.39, 0.29) is 6.04 Å². The highest BCUT2D eigenvalue weighted by Gasteiger charge is 2.11. The lowest BCUT2D eigenvalue weighted by atomic mass is 10.1. The number of halogens is 1. The summed E-state index contributed by atoms with van der Waals surface area (Å²) in [7, 11) is 1.97. The molecule has 0 fully saturated rings. The molecule has 16 heavy (non-hydrogen) atoms. The Hall–Kier alpha value is -0.710. The van der Waals surface area contributed by atoms with Gasteiger partial charge in [-0.15, -0.1) is 11.3 Å². The van der Waals surface area contributed by atoms with Crippen molar-refractivity contribution >= 4 is 27.3 Å². The van der Waals surface area contributed by atoms with Gasteiger partial charge in [0.15, 0.2) is 0 Å². The highest BCUT2D eigenvalue weighted by molar-refractivity contribution is 9.10.